The Morgan fingerprint density at radius 2 is 1.62 bits per heavy atom. The van der Waals surface area contributed by atoms with Crippen molar-refractivity contribution in [2.24, 2.45) is 0 Å². The first-order valence-electron chi connectivity index (χ1n) is 8.57. The van der Waals surface area contributed by atoms with Gasteiger partial charge in [0.2, 0.25) is 5.91 Å². The van der Waals surface area contributed by atoms with Crippen molar-refractivity contribution >= 4 is 35.0 Å². The van der Waals surface area contributed by atoms with E-state index in [-0.39, 0.29) is 0 Å². The van der Waals surface area contributed by atoms with Gasteiger partial charge in [-0.25, -0.2) is 0 Å². The molecule has 0 saturated heterocycles. The van der Waals surface area contributed by atoms with E-state index in [2.05, 4.69) is 5.32 Å². The van der Waals surface area contributed by atoms with Crippen LogP contribution >= 0.6 is 11.6 Å². The highest BCUT2D eigenvalue weighted by Gasteiger charge is 2.42. The van der Waals surface area contributed by atoms with Crippen LogP contribution < -0.4 is 5.32 Å². The zero-order valence-electron chi connectivity index (χ0n) is 14.4. The Morgan fingerprint density at radius 3 is 2.19 bits per heavy atom. The van der Waals surface area contributed by atoms with Crippen molar-refractivity contribution in [3.05, 3.63) is 64.7 Å². The van der Waals surface area contributed by atoms with Crippen LogP contribution in [0.2, 0.25) is 5.02 Å². The van der Waals surface area contributed by atoms with Gasteiger partial charge in [0.15, 0.2) is 0 Å². The van der Waals surface area contributed by atoms with E-state index >= 15 is 0 Å². The lowest BCUT2D eigenvalue weighted by molar-refractivity contribution is -0.120. The van der Waals surface area contributed by atoms with Crippen molar-refractivity contribution in [3.8, 4) is 0 Å². The summed E-state index contributed by atoms with van der Waals surface area (Å²) in [6.07, 6.45) is 1.96. The number of rotatable bonds is 6. The number of hydrogen-bond acceptors (Lipinski definition) is 3. The first-order chi connectivity index (χ1) is 12.5. The Bertz CT molecular complexity index is 831. The zero-order chi connectivity index (χ0) is 18.7. The standard InChI is InChI=1S/C20H19ClN2O3/c1-2-3-12-17(18(24)22-16-11-7-6-10-15(16)21)23-19(25)13-8-4-5-9-14(13)20(23)26/h4-11,17H,2-3,12H2,1H3,(H,22,24)/t17-/m1/s1. The van der Waals surface area contributed by atoms with Crippen LogP contribution in [0.1, 0.15) is 46.9 Å². The number of benzene rings is 2. The summed E-state index contributed by atoms with van der Waals surface area (Å²) in [5, 5.41) is 3.15. The Hall–Kier alpha value is -2.66. The monoisotopic (exact) mass is 370 g/mol. The minimum Gasteiger partial charge on any atom is -0.323 e. The Labute approximate surface area is 156 Å². The molecule has 0 radical (unpaired) electrons. The van der Waals surface area contributed by atoms with Crippen LogP contribution in [0.15, 0.2) is 48.5 Å². The van der Waals surface area contributed by atoms with Crippen LogP contribution in [-0.4, -0.2) is 28.7 Å². The van der Waals surface area contributed by atoms with E-state index in [1.54, 1.807) is 48.5 Å². The topological polar surface area (TPSA) is 66.5 Å². The van der Waals surface area contributed by atoms with E-state index in [0.717, 1.165) is 11.3 Å². The number of nitrogens with one attached hydrogen (secondary N) is 1. The third-order valence-corrected chi connectivity index (χ3v) is 4.73. The second kappa shape index (κ2) is 7.70. The summed E-state index contributed by atoms with van der Waals surface area (Å²) < 4.78 is 0. The number of fused-ring (bicyclic) bond motifs is 1. The average Bonchev–Trinajstić information content (AvgIpc) is 2.89. The van der Waals surface area contributed by atoms with Crippen molar-refractivity contribution in [2.75, 3.05) is 5.32 Å². The molecule has 1 aliphatic rings. The number of nitrogens with zero attached hydrogens (tertiary/aromatic N) is 1. The maximum absolute atomic E-state index is 12.9. The minimum atomic E-state index is -0.876. The lowest BCUT2D eigenvalue weighted by atomic mass is 10.1. The molecule has 2 aromatic rings. The molecule has 0 unspecified atom stereocenters. The van der Waals surface area contributed by atoms with Gasteiger partial charge in [-0.2, -0.15) is 0 Å². The van der Waals surface area contributed by atoms with E-state index in [0.29, 0.717) is 34.7 Å². The van der Waals surface area contributed by atoms with Gasteiger partial charge in [-0.05, 0) is 30.7 Å². The number of para-hydroxylation sites is 1. The van der Waals surface area contributed by atoms with E-state index in [4.69, 9.17) is 11.6 Å². The summed E-state index contributed by atoms with van der Waals surface area (Å²) in [4.78, 5) is 39.4. The van der Waals surface area contributed by atoms with Gasteiger partial charge in [0.1, 0.15) is 6.04 Å². The first kappa shape index (κ1) is 18.1. The molecule has 3 rings (SSSR count). The first-order valence-corrected chi connectivity index (χ1v) is 8.94. The molecule has 0 aliphatic carbocycles. The fourth-order valence-corrected chi connectivity index (χ4v) is 3.23. The van der Waals surface area contributed by atoms with Gasteiger partial charge in [0, 0.05) is 0 Å². The number of carbonyl (C=O) groups is 3. The Kier molecular flexibility index (Phi) is 5.38. The van der Waals surface area contributed by atoms with Crippen molar-refractivity contribution in [1.82, 2.24) is 4.90 Å². The van der Waals surface area contributed by atoms with Crippen LogP contribution in [0.3, 0.4) is 0 Å². The number of imide groups is 1. The quantitative estimate of drug-likeness (QED) is 0.777. The number of amides is 3. The van der Waals surface area contributed by atoms with Gasteiger partial charge < -0.3 is 5.32 Å². The van der Waals surface area contributed by atoms with Gasteiger partial charge in [-0.3, -0.25) is 19.3 Å². The van der Waals surface area contributed by atoms with E-state index in [1.165, 1.54) is 0 Å². The lowest BCUT2D eigenvalue weighted by Crippen LogP contribution is -2.47. The van der Waals surface area contributed by atoms with Crippen LogP contribution in [0.25, 0.3) is 0 Å². The third-order valence-electron chi connectivity index (χ3n) is 4.40. The van der Waals surface area contributed by atoms with Crippen molar-refractivity contribution in [3.63, 3.8) is 0 Å². The van der Waals surface area contributed by atoms with E-state index in [1.807, 2.05) is 6.92 Å². The Morgan fingerprint density at radius 1 is 1.04 bits per heavy atom. The molecule has 3 amide bonds. The van der Waals surface area contributed by atoms with Gasteiger partial charge in [-0.15, -0.1) is 0 Å². The lowest BCUT2D eigenvalue weighted by Gasteiger charge is -2.25. The van der Waals surface area contributed by atoms with Crippen LogP contribution in [0, 0.1) is 0 Å². The number of hydrogen-bond donors (Lipinski definition) is 1. The van der Waals surface area contributed by atoms with Crippen LogP contribution in [0.5, 0.6) is 0 Å². The van der Waals surface area contributed by atoms with Crippen molar-refractivity contribution in [1.29, 1.82) is 0 Å². The maximum Gasteiger partial charge on any atom is 0.262 e. The summed E-state index contributed by atoms with van der Waals surface area (Å²) >= 11 is 6.11. The number of halogens is 1. The van der Waals surface area contributed by atoms with Crippen molar-refractivity contribution in [2.45, 2.75) is 32.2 Å². The molecule has 0 saturated carbocycles. The average molecular weight is 371 g/mol. The normalized spacial score (nSPS) is 14.3. The van der Waals surface area contributed by atoms with Gasteiger partial charge in [-0.1, -0.05) is 55.6 Å². The summed E-state index contributed by atoms with van der Waals surface area (Å²) in [5.74, 6) is -1.27. The highest BCUT2D eigenvalue weighted by molar-refractivity contribution is 6.33. The third kappa shape index (κ3) is 3.35. The molecule has 26 heavy (non-hydrogen) atoms. The molecule has 2 aromatic carbocycles. The molecule has 0 aromatic heterocycles. The second-order valence-corrected chi connectivity index (χ2v) is 6.56. The van der Waals surface area contributed by atoms with Gasteiger partial charge >= 0.3 is 0 Å². The molecule has 1 atom stereocenters. The van der Waals surface area contributed by atoms with Gasteiger partial charge in [0.05, 0.1) is 21.8 Å². The highest BCUT2D eigenvalue weighted by atomic mass is 35.5. The zero-order valence-corrected chi connectivity index (χ0v) is 15.1. The number of unbranched alkanes of at least 4 members (excludes halogenated alkanes) is 1. The predicted octanol–water partition coefficient (Wildman–Crippen LogP) is 4.13. The molecule has 1 aliphatic heterocycles. The molecule has 1 heterocycles. The fourth-order valence-electron chi connectivity index (χ4n) is 3.04. The van der Waals surface area contributed by atoms with Crippen LogP contribution in [-0.2, 0) is 4.79 Å². The SMILES string of the molecule is CCCC[C@H](C(=O)Nc1ccccc1Cl)N1C(=O)c2ccccc2C1=O. The van der Waals surface area contributed by atoms with E-state index in [9.17, 15) is 14.4 Å². The summed E-state index contributed by atoms with van der Waals surface area (Å²) in [7, 11) is 0. The van der Waals surface area contributed by atoms with Crippen molar-refractivity contribution < 1.29 is 14.4 Å². The predicted molar refractivity (Wildman–Crippen MR) is 100 cm³/mol. The highest BCUT2D eigenvalue weighted by Crippen LogP contribution is 2.28. The molecular formula is C20H19ClN2O3. The molecule has 0 fully saturated rings. The number of anilines is 1. The largest absolute Gasteiger partial charge is 0.323 e. The Balaban J connectivity index is 1.89. The summed E-state index contributed by atoms with van der Waals surface area (Å²) in [6, 6.07) is 12.6. The second-order valence-electron chi connectivity index (χ2n) is 6.15. The van der Waals surface area contributed by atoms with E-state index < -0.39 is 23.8 Å². The van der Waals surface area contributed by atoms with Gasteiger partial charge in [0.25, 0.3) is 11.8 Å². The molecule has 134 valence electrons. The number of carbonyl (C=O) groups excluding carboxylic acids is 3. The molecule has 6 heteroatoms. The molecule has 5 nitrogen and oxygen atoms in total. The van der Waals surface area contributed by atoms with Crippen LogP contribution in [0.4, 0.5) is 5.69 Å². The molecule has 1 N–H and O–H groups in total. The maximum atomic E-state index is 12.9. The molecule has 0 bridgehead atoms. The molecular weight excluding hydrogens is 352 g/mol. The fraction of sp³-hybridized carbons (Fsp3) is 0.250. The smallest absolute Gasteiger partial charge is 0.262 e. The molecule has 0 spiro atoms. The summed E-state index contributed by atoms with van der Waals surface area (Å²) in [5.41, 5.74) is 1.13. The minimum absolute atomic E-state index is 0.338. The summed E-state index contributed by atoms with van der Waals surface area (Å²) in [6.45, 7) is 1.99.